The van der Waals surface area contributed by atoms with Crippen molar-refractivity contribution < 1.29 is 59.4 Å². The van der Waals surface area contributed by atoms with Crippen molar-refractivity contribution in [3.8, 4) is 0 Å². The molecule has 0 aromatic rings. The second-order valence-corrected chi connectivity index (χ2v) is 13.0. The van der Waals surface area contributed by atoms with Crippen LogP contribution in [0.5, 0.6) is 0 Å². The highest BCUT2D eigenvalue weighted by Gasteiger charge is 2.30. The number of amides is 2. The van der Waals surface area contributed by atoms with E-state index >= 15 is 0 Å². The summed E-state index contributed by atoms with van der Waals surface area (Å²) in [5.41, 5.74) is 9.34. The predicted octanol–water partition coefficient (Wildman–Crippen LogP) is -5.14. The van der Waals surface area contributed by atoms with Crippen molar-refractivity contribution in [2.75, 3.05) is 44.7 Å². The molecule has 0 bridgehead atoms. The third-order valence-electron chi connectivity index (χ3n) is 7.46. The van der Waals surface area contributed by atoms with Crippen LogP contribution in [-0.4, -0.2) is 92.0 Å². The molecular weight excluding hydrogens is 738 g/mol. The third kappa shape index (κ3) is 29.0. The maximum atomic E-state index is 13.6. The summed E-state index contributed by atoms with van der Waals surface area (Å²) in [5.74, 6) is -0.547. The molecule has 18 heteroatoms. The molecule has 292 valence electrons. The lowest BCUT2D eigenvalue weighted by Crippen LogP contribution is -3.05. The van der Waals surface area contributed by atoms with Crippen molar-refractivity contribution in [1.82, 2.24) is 28.3 Å². The van der Waals surface area contributed by atoms with Gasteiger partial charge in [0.1, 0.15) is 0 Å². The lowest BCUT2D eigenvalue weighted by atomic mass is 9.90. The molecule has 4 atom stereocenters. The lowest BCUT2D eigenvalue weighted by molar-refractivity contribution is -0.858. The summed E-state index contributed by atoms with van der Waals surface area (Å²) in [6, 6.07) is -2.00. The molecule has 0 saturated heterocycles. The summed E-state index contributed by atoms with van der Waals surface area (Å²) < 4.78 is 0. The summed E-state index contributed by atoms with van der Waals surface area (Å²) in [5, 5.41) is 8.65. The predicted molar refractivity (Wildman–Crippen MR) is 193 cm³/mol. The number of hydrogen-bond donors (Lipinski definition) is 9. The first kappa shape index (κ1) is 57.0. The van der Waals surface area contributed by atoms with Gasteiger partial charge in [0.05, 0.1) is 38.5 Å². The van der Waals surface area contributed by atoms with Crippen LogP contribution in [0.4, 0.5) is 0 Å². The molecule has 0 aliphatic rings. The highest BCUT2D eigenvalue weighted by Crippen LogP contribution is 2.18. The summed E-state index contributed by atoms with van der Waals surface area (Å²) in [4.78, 5) is 66.5. The number of Topliss-reactive ketones (excluding diaryl/α,β-unsaturated/α-hetero) is 3. The summed E-state index contributed by atoms with van der Waals surface area (Å²) in [7, 11) is 4.04. The van der Waals surface area contributed by atoms with Gasteiger partial charge in [-0.1, -0.05) is 6.58 Å². The number of quaternary nitrogens is 2. The summed E-state index contributed by atoms with van der Waals surface area (Å²) >= 11 is 15.8. The van der Waals surface area contributed by atoms with Gasteiger partial charge in [-0.05, 0) is 51.4 Å². The van der Waals surface area contributed by atoms with Crippen molar-refractivity contribution in [3.63, 3.8) is 0 Å². The minimum absolute atomic E-state index is 0. The van der Waals surface area contributed by atoms with Gasteiger partial charge in [-0.15, -0.1) is 23.2 Å². The molecule has 0 aliphatic carbocycles. The molecule has 0 rings (SSSR count). The molecule has 0 spiro atoms. The largest absolute Gasteiger partial charge is 1.00 e. The lowest BCUT2D eigenvalue weighted by Gasteiger charge is -2.24. The molecule has 15 N–H and O–H groups in total. The van der Waals surface area contributed by atoms with E-state index in [0.29, 0.717) is 81.9 Å². The fourth-order valence-corrected chi connectivity index (χ4v) is 5.29. The number of unbranched alkanes of at least 4 members (excludes halogenated alkanes) is 2. The average molecular weight is 803 g/mol. The van der Waals surface area contributed by atoms with Gasteiger partial charge in [-0.25, -0.2) is 0 Å². The topological polar surface area (TPSA) is 250 Å². The molecule has 0 heterocycles. The maximum Gasteiger partial charge on any atom is 0.224 e. The van der Waals surface area contributed by atoms with Gasteiger partial charge in [-0.3, -0.25) is 24.0 Å². The van der Waals surface area contributed by atoms with Crippen molar-refractivity contribution >= 4 is 65.0 Å². The van der Waals surface area contributed by atoms with Crippen LogP contribution in [0, 0.1) is 5.92 Å². The van der Waals surface area contributed by atoms with E-state index in [1.165, 1.54) is 4.90 Å². The number of hydrogen-bond acceptors (Lipinski definition) is 10. The molecule has 2 amide bonds. The van der Waals surface area contributed by atoms with Crippen LogP contribution >= 0.6 is 35.8 Å². The van der Waals surface area contributed by atoms with E-state index in [9.17, 15) is 24.0 Å². The average Bonchev–Trinajstić information content (AvgIpc) is 2.99. The van der Waals surface area contributed by atoms with Crippen LogP contribution in [0.25, 0.3) is 0 Å². The van der Waals surface area contributed by atoms with Gasteiger partial charge in [0, 0.05) is 62.1 Å². The Hall–Kier alpha value is -1.36. The highest BCUT2D eigenvalue weighted by atomic mass is 35.5. The molecule has 0 aromatic heterocycles. The number of alkyl halides is 2. The zero-order valence-corrected chi connectivity index (χ0v) is 33.4. The first-order chi connectivity index (χ1) is 21.4. The Morgan fingerprint density at radius 3 is 1.84 bits per heavy atom. The van der Waals surface area contributed by atoms with Gasteiger partial charge >= 0.3 is 0 Å². The Morgan fingerprint density at radius 1 is 0.796 bits per heavy atom. The fourth-order valence-electron chi connectivity index (χ4n) is 4.71. The van der Waals surface area contributed by atoms with Crippen molar-refractivity contribution in [2.24, 2.45) is 11.7 Å². The van der Waals surface area contributed by atoms with E-state index in [-0.39, 0.29) is 85.4 Å². The zero-order chi connectivity index (χ0) is 34.2. The maximum absolute atomic E-state index is 13.6. The number of nitrogens with two attached hydrogens (primary N) is 1. The van der Waals surface area contributed by atoms with Gasteiger partial charge in [0.2, 0.25) is 11.8 Å². The van der Waals surface area contributed by atoms with Crippen LogP contribution in [-0.2, 0) is 24.0 Å². The van der Waals surface area contributed by atoms with Crippen LogP contribution < -0.4 is 69.4 Å². The Morgan fingerprint density at radius 2 is 1.35 bits per heavy atom. The minimum atomic E-state index is -0.830. The number of carbonyl (C=O) groups is 5. The van der Waals surface area contributed by atoms with Gasteiger partial charge in [0.15, 0.2) is 23.4 Å². The Labute approximate surface area is 321 Å². The number of ketones is 3. The molecule has 0 radical (unpaired) electrons. The molecule has 0 saturated carbocycles. The molecule has 13 nitrogen and oxygen atoms in total. The van der Waals surface area contributed by atoms with E-state index in [1.54, 1.807) is 0 Å². The van der Waals surface area contributed by atoms with Gasteiger partial charge in [-0.2, -0.15) is 12.6 Å². The molecule has 0 aliphatic heterocycles. The summed E-state index contributed by atoms with van der Waals surface area (Å²) in [6.07, 6.45) is 5.25. The third-order valence-corrected chi connectivity index (χ3v) is 8.43. The molecule has 0 fully saturated rings. The van der Waals surface area contributed by atoms with Crippen molar-refractivity contribution in [3.05, 3.63) is 12.4 Å². The van der Waals surface area contributed by atoms with E-state index in [0.717, 1.165) is 13.0 Å². The number of nitrogens with one attached hydrogen (secondary N) is 4. The monoisotopic (exact) mass is 800 g/mol. The number of carbonyl (C=O) groups excluding carboxylic acids is 5. The fraction of sp³-hybridized carbons (Fsp3) is 0.774. The molecule has 0 aromatic carbocycles. The van der Waals surface area contributed by atoms with Crippen molar-refractivity contribution in [2.45, 2.75) is 102 Å². The van der Waals surface area contributed by atoms with E-state index < -0.39 is 30.0 Å². The van der Waals surface area contributed by atoms with Gasteiger partial charge in [0.25, 0.3) is 0 Å². The van der Waals surface area contributed by atoms with Crippen LogP contribution in [0.15, 0.2) is 12.4 Å². The second-order valence-electron chi connectivity index (χ2n) is 11.9. The quantitative estimate of drug-likeness (QED) is 0.0199. The van der Waals surface area contributed by atoms with Crippen LogP contribution in [0.3, 0.4) is 0 Å². The summed E-state index contributed by atoms with van der Waals surface area (Å²) in [6.45, 7) is 4.91. The van der Waals surface area contributed by atoms with Crippen molar-refractivity contribution in [1.29, 1.82) is 0 Å². The standard InChI is InChI=1S/C31H56Cl2N6O5S.2ClH.2H3N/c1-22(34)36-18-8-10-23(31(44)38-25(11-4-6-16-32)28(41)13-9-19-39(2)3)20-29(42)26(12-5-7-17-33)37-30(43)15-14-27(40)24(35)21-45;;;;/h23-26,36,45H,1,4-21,34-35H2,2-3H3,(H,37,43)(H,38,44);2*1H;2*1H3/t23-,24-,25+,26+;;;;/m0..../s1. The van der Waals surface area contributed by atoms with E-state index in [4.69, 9.17) is 28.9 Å². The number of halogens is 4. The number of thiol groups is 1. The second kappa shape index (κ2) is 35.1. The number of rotatable bonds is 29. The Kier molecular flexibility index (Phi) is 40.8. The smallest absolute Gasteiger partial charge is 0.224 e. The van der Waals surface area contributed by atoms with E-state index in [2.05, 4.69) is 40.9 Å². The SMILES string of the molecule is C=C(N)NCCC[C@@H](CC(=O)[C@@H](CCCCCl)NC(=O)CCC(=O)[C@@H]([NH3+])CS)C(=O)N[C@H](CCCCCl)C(=O)CCC[NH+](C)C.N.N.[Cl-].[Cl-]. The molecular formula is C31H64Cl4N8O5S. The Bertz CT molecular complexity index is 940. The first-order valence-corrected chi connectivity index (χ1v) is 17.8. The minimum Gasteiger partial charge on any atom is -1.00 e. The zero-order valence-electron chi connectivity index (χ0n) is 29.4. The van der Waals surface area contributed by atoms with E-state index in [1.807, 2.05) is 14.1 Å². The molecule has 0 unspecified atom stereocenters. The van der Waals surface area contributed by atoms with Gasteiger partial charge < -0.3 is 69.4 Å². The van der Waals surface area contributed by atoms with Crippen LogP contribution in [0.1, 0.15) is 83.5 Å². The normalized spacial score (nSPS) is 12.7. The van der Waals surface area contributed by atoms with Crippen LogP contribution in [0.2, 0.25) is 0 Å². The molecule has 49 heavy (non-hydrogen) atoms. The first-order valence-electron chi connectivity index (χ1n) is 16.1. The highest BCUT2D eigenvalue weighted by molar-refractivity contribution is 7.80. The Balaban J connectivity index is -0.00000161.